The summed E-state index contributed by atoms with van der Waals surface area (Å²) in [4.78, 5) is 24.3. The van der Waals surface area contributed by atoms with Gasteiger partial charge >= 0.3 is 0 Å². The van der Waals surface area contributed by atoms with Crippen LogP contribution in [0.15, 0.2) is 42.5 Å². The fourth-order valence-electron chi connectivity index (χ4n) is 2.32. The topological polar surface area (TPSA) is 63.5 Å². The van der Waals surface area contributed by atoms with Crippen LogP contribution >= 0.6 is 0 Å². The molecule has 0 aliphatic carbocycles. The number of nitro groups is 1. The molecule has 0 heterocycles. The van der Waals surface area contributed by atoms with Gasteiger partial charge in [-0.3, -0.25) is 14.9 Å². The molecule has 5 nitrogen and oxygen atoms in total. The predicted octanol–water partition coefficient (Wildman–Crippen LogP) is 3.48. The number of benzene rings is 2. The van der Waals surface area contributed by atoms with Gasteiger partial charge in [-0.2, -0.15) is 0 Å². The third kappa shape index (κ3) is 3.49. The second-order valence-corrected chi connectivity index (χ2v) is 5.40. The lowest BCUT2D eigenvalue weighted by molar-refractivity contribution is -0.384. The first-order valence-corrected chi connectivity index (χ1v) is 6.94. The van der Waals surface area contributed by atoms with Crippen molar-refractivity contribution >= 4 is 11.6 Å². The molecule has 0 aromatic heterocycles. The molecule has 0 aliphatic rings. The number of nitro benzene ring substituents is 1. The van der Waals surface area contributed by atoms with Gasteiger partial charge in [0.1, 0.15) is 0 Å². The van der Waals surface area contributed by atoms with Crippen LogP contribution in [0.25, 0.3) is 0 Å². The minimum absolute atomic E-state index is 0.0780. The fraction of sp³-hybridized carbons (Fsp3) is 0.235. The lowest BCUT2D eigenvalue weighted by Crippen LogP contribution is -2.26. The number of carbonyl (C=O) groups is 1. The van der Waals surface area contributed by atoms with Gasteiger partial charge in [0.2, 0.25) is 0 Å². The molecule has 0 radical (unpaired) electrons. The molecule has 0 bridgehead atoms. The minimum Gasteiger partial charge on any atom is -0.337 e. The molecule has 2 aromatic carbocycles. The van der Waals surface area contributed by atoms with Crippen LogP contribution in [-0.4, -0.2) is 22.8 Å². The lowest BCUT2D eigenvalue weighted by Gasteiger charge is -2.19. The molecular weight excluding hydrogens is 280 g/mol. The summed E-state index contributed by atoms with van der Waals surface area (Å²) in [7, 11) is 1.69. The highest BCUT2D eigenvalue weighted by Gasteiger charge is 2.16. The Labute approximate surface area is 129 Å². The van der Waals surface area contributed by atoms with E-state index in [1.54, 1.807) is 18.0 Å². The Morgan fingerprint density at radius 2 is 1.91 bits per heavy atom. The van der Waals surface area contributed by atoms with Crippen molar-refractivity contribution in [1.82, 2.24) is 4.90 Å². The van der Waals surface area contributed by atoms with E-state index in [-0.39, 0.29) is 11.6 Å². The van der Waals surface area contributed by atoms with Gasteiger partial charge in [0.05, 0.1) is 4.92 Å². The van der Waals surface area contributed by atoms with Gasteiger partial charge in [-0.1, -0.05) is 29.8 Å². The van der Waals surface area contributed by atoms with E-state index in [1.807, 2.05) is 26.0 Å². The Kier molecular flexibility index (Phi) is 4.56. The predicted molar refractivity (Wildman–Crippen MR) is 84.8 cm³/mol. The molecule has 1 amide bonds. The Bertz CT molecular complexity index is 726. The number of hydrogen-bond acceptors (Lipinski definition) is 3. The highest BCUT2D eigenvalue weighted by molar-refractivity contribution is 5.94. The van der Waals surface area contributed by atoms with Crippen molar-refractivity contribution in [3.05, 3.63) is 74.8 Å². The summed E-state index contributed by atoms with van der Waals surface area (Å²) >= 11 is 0. The van der Waals surface area contributed by atoms with Crippen molar-refractivity contribution in [2.24, 2.45) is 0 Å². The van der Waals surface area contributed by atoms with E-state index in [4.69, 9.17) is 0 Å². The van der Waals surface area contributed by atoms with Gasteiger partial charge in [0, 0.05) is 31.3 Å². The van der Waals surface area contributed by atoms with E-state index >= 15 is 0 Å². The molecule has 0 spiro atoms. The van der Waals surface area contributed by atoms with E-state index in [9.17, 15) is 14.9 Å². The molecule has 2 aromatic rings. The van der Waals surface area contributed by atoms with Gasteiger partial charge in [-0.15, -0.1) is 0 Å². The Balaban J connectivity index is 2.18. The number of hydrogen-bond donors (Lipinski definition) is 0. The molecule has 0 saturated carbocycles. The molecular formula is C17H18N2O3. The summed E-state index contributed by atoms with van der Waals surface area (Å²) in [6, 6.07) is 11.9. The fourth-order valence-corrected chi connectivity index (χ4v) is 2.32. The van der Waals surface area contributed by atoms with E-state index in [0.717, 1.165) is 11.1 Å². The molecule has 5 heteroatoms. The third-order valence-electron chi connectivity index (χ3n) is 3.56. The number of rotatable bonds is 4. The summed E-state index contributed by atoms with van der Waals surface area (Å²) in [6.45, 7) is 4.50. The van der Waals surface area contributed by atoms with Crippen molar-refractivity contribution in [2.45, 2.75) is 20.4 Å². The maximum Gasteiger partial charge on any atom is 0.270 e. The monoisotopic (exact) mass is 298 g/mol. The summed E-state index contributed by atoms with van der Waals surface area (Å²) in [5.41, 5.74) is 3.60. The average molecular weight is 298 g/mol. The normalized spacial score (nSPS) is 10.3. The van der Waals surface area contributed by atoms with Crippen molar-refractivity contribution < 1.29 is 9.72 Å². The van der Waals surface area contributed by atoms with Crippen LogP contribution in [0.3, 0.4) is 0 Å². The van der Waals surface area contributed by atoms with E-state index < -0.39 is 4.92 Å². The third-order valence-corrected chi connectivity index (χ3v) is 3.56. The zero-order valence-electron chi connectivity index (χ0n) is 12.9. The maximum atomic E-state index is 12.4. The van der Waals surface area contributed by atoms with Gasteiger partial charge in [-0.05, 0) is 31.0 Å². The number of nitrogens with zero attached hydrogens (tertiary/aromatic N) is 2. The molecule has 0 saturated heterocycles. The van der Waals surface area contributed by atoms with Crippen molar-refractivity contribution in [2.75, 3.05) is 7.05 Å². The van der Waals surface area contributed by atoms with Gasteiger partial charge in [0.15, 0.2) is 0 Å². The van der Waals surface area contributed by atoms with Crippen LogP contribution in [0, 0.1) is 24.0 Å². The van der Waals surface area contributed by atoms with Crippen LogP contribution in [0.5, 0.6) is 0 Å². The quantitative estimate of drug-likeness (QED) is 0.641. The highest BCUT2D eigenvalue weighted by Crippen LogP contribution is 2.17. The summed E-state index contributed by atoms with van der Waals surface area (Å²) in [5.74, 6) is -0.233. The molecule has 0 N–H and O–H groups in total. The number of carbonyl (C=O) groups excluding carboxylic acids is 1. The van der Waals surface area contributed by atoms with Crippen LogP contribution in [0.1, 0.15) is 27.0 Å². The second kappa shape index (κ2) is 6.39. The Morgan fingerprint density at radius 1 is 1.18 bits per heavy atom. The van der Waals surface area contributed by atoms with Crippen molar-refractivity contribution in [1.29, 1.82) is 0 Å². The zero-order chi connectivity index (χ0) is 16.3. The second-order valence-electron chi connectivity index (χ2n) is 5.40. The number of amides is 1. The average Bonchev–Trinajstić information content (AvgIpc) is 2.49. The first kappa shape index (κ1) is 15.7. The molecule has 0 unspecified atom stereocenters. The van der Waals surface area contributed by atoms with E-state index in [0.29, 0.717) is 12.1 Å². The highest BCUT2D eigenvalue weighted by atomic mass is 16.6. The maximum absolute atomic E-state index is 12.4. The first-order valence-electron chi connectivity index (χ1n) is 6.94. The minimum atomic E-state index is -0.499. The Hall–Kier alpha value is -2.69. The number of aryl methyl sites for hydroxylation is 2. The van der Waals surface area contributed by atoms with E-state index in [2.05, 4.69) is 6.07 Å². The number of non-ortho nitro benzene ring substituents is 1. The van der Waals surface area contributed by atoms with Gasteiger partial charge in [0.25, 0.3) is 11.6 Å². The first-order chi connectivity index (χ1) is 10.4. The van der Waals surface area contributed by atoms with Crippen LogP contribution in [0.4, 0.5) is 5.69 Å². The van der Waals surface area contributed by atoms with Crippen LogP contribution in [0.2, 0.25) is 0 Å². The molecule has 114 valence electrons. The van der Waals surface area contributed by atoms with Gasteiger partial charge in [-0.25, -0.2) is 0 Å². The summed E-state index contributed by atoms with van der Waals surface area (Å²) < 4.78 is 0. The van der Waals surface area contributed by atoms with Crippen LogP contribution in [-0.2, 0) is 6.54 Å². The van der Waals surface area contributed by atoms with Crippen molar-refractivity contribution in [3.63, 3.8) is 0 Å². The molecule has 22 heavy (non-hydrogen) atoms. The molecule has 0 atom stereocenters. The zero-order valence-corrected chi connectivity index (χ0v) is 12.9. The summed E-state index contributed by atoms with van der Waals surface area (Å²) in [5, 5.41) is 10.8. The smallest absolute Gasteiger partial charge is 0.270 e. The molecule has 0 aliphatic heterocycles. The lowest BCUT2D eigenvalue weighted by atomic mass is 10.1. The Morgan fingerprint density at radius 3 is 2.55 bits per heavy atom. The standard InChI is InChI=1S/C17H18N2O3/c1-12-7-8-15(13(2)9-12)11-18(3)17(20)14-5-4-6-16(10-14)19(21)22/h4-10H,11H2,1-3H3. The SMILES string of the molecule is Cc1ccc(CN(C)C(=O)c2cccc([N+](=O)[O-])c2)c(C)c1. The van der Waals surface area contributed by atoms with E-state index in [1.165, 1.54) is 23.8 Å². The molecule has 0 fully saturated rings. The summed E-state index contributed by atoms with van der Waals surface area (Å²) in [6.07, 6.45) is 0. The van der Waals surface area contributed by atoms with Crippen LogP contribution < -0.4 is 0 Å². The van der Waals surface area contributed by atoms with Crippen molar-refractivity contribution in [3.8, 4) is 0 Å². The molecule has 2 rings (SSSR count). The largest absolute Gasteiger partial charge is 0.337 e. The van der Waals surface area contributed by atoms with Gasteiger partial charge < -0.3 is 4.90 Å².